The molecule has 1 amide bonds. The predicted molar refractivity (Wildman–Crippen MR) is 82.1 cm³/mol. The normalized spacial score (nSPS) is 10.3. The van der Waals surface area contributed by atoms with E-state index in [4.69, 9.17) is 4.74 Å². The van der Waals surface area contributed by atoms with E-state index in [1.54, 1.807) is 12.0 Å². The number of nitrogens with zero attached hydrogens (tertiary/aromatic N) is 1. The lowest BCUT2D eigenvalue weighted by Gasteiger charge is -2.17. The third kappa shape index (κ3) is 6.06. The van der Waals surface area contributed by atoms with Gasteiger partial charge in [-0.05, 0) is 37.1 Å². The van der Waals surface area contributed by atoms with Crippen molar-refractivity contribution in [2.75, 3.05) is 33.8 Å². The summed E-state index contributed by atoms with van der Waals surface area (Å²) in [6.45, 7) is 4.19. The molecule has 1 rings (SSSR count). The van der Waals surface area contributed by atoms with Gasteiger partial charge in [0.1, 0.15) is 5.75 Å². The van der Waals surface area contributed by atoms with E-state index in [0.29, 0.717) is 6.54 Å². The van der Waals surface area contributed by atoms with Gasteiger partial charge in [-0.2, -0.15) is 0 Å². The Balaban J connectivity index is 2.18. The van der Waals surface area contributed by atoms with Crippen LogP contribution in [0.1, 0.15) is 25.3 Å². The summed E-state index contributed by atoms with van der Waals surface area (Å²) in [6, 6.07) is 8.02. The fraction of sp³-hybridized carbons (Fsp3) is 0.562. The Bertz CT molecular complexity index is 390. The number of benzene rings is 1. The van der Waals surface area contributed by atoms with Gasteiger partial charge in [-0.1, -0.05) is 25.5 Å². The van der Waals surface area contributed by atoms with Crippen molar-refractivity contribution in [1.29, 1.82) is 0 Å². The van der Waals surface area contributed by atoms with E-state index < -0.39 is 0 Å². The molecule has 0 saturated heterocycles. The first-order valence-electron chi connectivity index (χ1n) is 7.25. The molecule has 1 aromatic carbocycles. The molecule has 1 aromatic rings. The molecule has 0 aliphatic rings. The van der Waals surface area contributed by atoms with Crippen molar-refractivity contribution >= 4 is 5.91 Å². The molecule has 4 nitrogen and oxygen atoms in total. The maximum absolute atomic E-state index is 11.8. The fourth-order valence-electron chi connectivity index (χ4n) is 1.88. The minimum Gasteiger partial charge on any atom is -0.497 e. The number of likely N-dealkylation sites (N-methyl/N-ethyl adjacent to an activating group) is 1. The van der Waals surface area contributed by atoms with E-state index in [0.717, 1.165) is 38.1 Å². The number of hydrogen-bond donors (Lipinski definition) is 1. The molecule has 4 heteroatoms. The van der Waals surface area contributed by atoms with Crippen molar-refractivity contribution in [3.8, 4) is 5.75 Å². The van der Waals surface area contributed by atoms with Gasteiger partial charge >= 0.3 is 0 Å². The highest BCUT2D eigenvalue weighted by Gasteiger charge is 2.06. The first-order chi connectivity index (χ1) is 9.67. The standard InChI is InChI=1S/C16H26N2O2/c1-4-5-12-18(2)16(19)13-17-11-10-14-6-8-15(20-3)9-7-14/h6-9,17H,4-5,10-13H2,1-3H3. The van der Waals surface area contributed by atoms with Gasteiger partial charge in [0.05, 0.1) is 13.7 Å². The number of carbonyl (C=O) groups is 1. The van der Waals surface area contributed by atoms with Gasteiger partial charge in [-0.25, -0.2) is 0 Å². The molecule has 0 spiro atoms. The SMILES string of the molecule is CCCCN(C)C(=O)CNCCc1ccc(OC)cc1. The number of nitrogens with one attached hydrogen (secondary N) is 1. The number of hydrogen-bond acceptors (Lipinski definition) is 3. The van der Waals surface area contributed by atoms with Crippen molar-refractivity contribution in [2.24, 2.45) is 0 Å². The maximum atomic E-state index is 11.8. The van der Waals surface area contributed by atoms with Crippen LogP contribution in [0.2, 0.25) is 0 Å². The number of ether oxygens (including phenoxy) is 1. The Morgan fingerprint density at radius 1 is 1.30 bits per heavy atom. The summed E-state index contributed by atoms with van der Waals surface area (Å²) in [6.07, 6.45) is 3.09. The second-order valence-electron chi connectivity index (χ2n) is 4.94. The van der Waals surface area contributed by atoms with Crippen LogP contribution in [0.5, 0.6) is 5.75 Å². The Kier molecular flexibility index (Phi) is 7.73. The van der Waals surface area contributed by atoms with Crippen LogP contribution in [-0.4, -0.2) is 44.6 Å². The molecule has 0 aliphatic carbocycles. The number of methoxy groups -OCH3 is 1. The number of unbranched alkanes of at least 4 members (excludes halogenated alkanes) is 1. The zero-order chi connectivity index (χ0) is 14.8. The summed E-state index contributed by atoms with van der Waals surface area (Å²) in [5.74, 6) is 1.03. The number of rotatable bonds is 9. The van der Waals surface area contributed by atoms with E-state index in [2.05, 4.69) is 24.4 Å². The smallest absolute Gasteiger partial charge is 0.236 e. The van der Waals surface area contributed by atoms with E-state index in [1.807, 2.05) is 19.2 Å². The van der Waals surface area contributed by atoms with Crippen molar-refractivity contribution in [3.63, 3.8) is 0 Å². The lowest BCUT2D eigenvalue weighted by atomic mass is 10.1. The topological polar surface area (TPSA) is 41.6 Å². The Morgan fingerprint density at radius 3 is 2.60 bits per heavy atom. The summed E-state index contributed by atoms with van der Waals surface area (Å²) in [7, 11) is 3.53. The molecule has 0 bridgehead atoms. The van der Waals surface area contributed by atoms with Crippen molar-refractivity contribution in [3.05, 3.63) is 29.8 Å². The summed E-state index contributed by atoms with van der Waals surface area (Å²) < 4.78 is 5.12. The fourth-order valence-corrected chi connectivity index (χ4v) is 1.88. The number of carbonyl (C=O) groups excluding carboxylic acids is 1. The van der Waals surface area contributed by atoms with Gasteiger partial charge in [0, 0.05) is 13.6 Å². The van der Waals surface area contributed by atoms with Crippen LogP contribution in [0, 0.1) is 0 Å². The molecule has 0 unspecified atom stereocenters. The van der Waals surface area contributed by atoms with Crippen LogP contribution in [0.4, 0.5) is 0 Å². The Morgan fingerprint density at radius 2 is 2.00 bits per heavy atom. The highest BCUT2D eigenvalue weighted by molar-refractivity contribution is 5.77. The highest BCUT2D eigenvalue weighted by atomic mass is 16.5. The van der Waals surface area contributed by atoms with Gasteiger partial charge < -0.3 is 15.0 Å². The molecule has 20 heavy (non-hydrogen) atoms. The predicted octanol–water partition coefficient (Wildman–Crippen LogP) is 2.09. The molecule has 0 fully saturated rings. The lowest BCUT2D eigenvalue weighted by molar-refractivity contribution is -0.129. The van der Waals surface area contributed by atoms with Crippen LogP contribution in [-0.2, 0) is 11.2 Å². The molecule has 0 heterocycles. The summed E-state index contributed by atoms with van der Waals surface area (Å²) in [5, 5.41) is 3.20. The molecule has 0 saturated carbocycles. The summed E-state index contributed by atoms with van der Waals surface area (Å²) in [4.78, 5) is 13.6. The number of amides is 1. The van der Waals surface area contributed by atoms with E-state index in [1.165, 1.54) is 5.56 Å². The molecule has 112 valence electrons. The van der Waals surface area contributed by atoms with Gasteiger partial charge in [0.2, 0.25) is 5.91 Å². The van der Waals surface area contributed by atoms with Crippen LogP contribution in [0.3, 0.4) is 0 Å². The Hall–Kier alpha value is -1.55. The summed E-state index contributed by atoms with van der Waals surface area (Å²) in [5.41, 5.74) is 1.24. The van der Waals surface area contributed by atoms with Crippen molar-refractivity contribution in [2.45, 2.75) is 26.2 Å². The van der Waals surface area contributed by atoms with Gasteiger partial charge in [0.15, 0.2) is 0 Å². The molecular formula is C16H26N2O2. The highest BCUT2D eigenvalue weighted by Crippen LogP contribution is 2.11. The quantitative estimate of drug-likeness (QED) is 0.703. The van der Waals surface area contributed by atoms with E-state index in [9.17, 15) is 4.79 Å². The average molecular weight is 278 g/mol. The average Bonchev–Trinajstić information content (AvgIpc) is 2.49. The van der Waals surface area contributed by atoms with Crippen molar-refractivity contribution < 1.29 is 9.53 Å². The van der Waals surface area contributed by atoms with Gasteiger partial charge in [-0.3, -0.25) is 4.79 Å². The third-order valence-electron chi connectivity index (χ3n) is 3.30. The largest absolute Gasteiger partial charge is 0.497 e. The molecule has 1 N–H and O–H groups in total. The lowest BCUT2D eigenvalue weighted by Crippen LogP contribution is -2.36. The van der Waals surface area contributed by atoms with Crippen LogP contribution in [0.25, 0.3) is 0 Å². The van der Waals surface area contributed by atoms with E-state index >= 15 is 0 Å². The summed E-state index contributed by atoms with van der Waals surface area (Å²) >= 11 is 0. The van der Waals surface area contributed by atoms with Crippen LogP contribution >= 0.6 is 0 Å². The second kappa shape index (κ2) is 9.37. The molecule has 0 aromatic heterocycles. The van der Waals surface area contributed by atoms with Gasteiger partial charge in [0.25, 0.3) is 0 Å². The monoisotopic (exact) mass is 278 g/mol. The van der Waals surface area contributed by atoms with Gasteiger partial charge in [-0.15, -0.1) is 0 Å². The van der Waals surface area contributed by atoms with Crippen LogP contribution < -0.4 is 10.1 Å². The molecular weight excluding hydrogens is 252 g/mol. The Labute approximate surface area is 122 Å². The first kappa shape index (κ1) is 16.5. The molecule has 0 aliphatic heterocycles. The first-order valence-corrected chi connectivity index (χ1v) is 7.25. The third-order valence-corrected chi connectivity index (χ3v) is 3.30. The van der Waals surface area contributed by atoms with Crippen molar-refractivity contribution in [1.82, 2.24) is 10.2 Å². The minimum atomic E-state index is 0.160. The molecule has 0 atom stereocenters. The molecule has 0 radical (unpaired) electrons. The zero-order valence-corrected chi connectivity index (χ0v) is 12.8. The maximum Gasteiger partial charge on any atom is 0.236 e. The van der Waals surface area contributed by atoms with Crippen LogP contribution in [0.15, 0.2) is 24.3 Å². The second-order valence-corrected chi connectivity index (χ2v) is 4.94. The zero-order valence-electron chi connectivity index (χ0n) is 12.8. The van der Waals surface area contributed by atoms with E-state index in [-0.39, 0.29) is 5.91 Å². The minimum absolute atomic E-state index is 0.160.